The van der Waals surface area contributed by atoms with Crippen molar-refractivity contribution >= 4 is 11.6 Å². The lowest BCUT2D eigenvalue weighted by atomic mass is 10.1. The van der Waals surface area contributed by atoms with Gasteiger partial charge in [0.1, 0.15) is 0 Å². The molecule has 2 heterocycles. The van der Waals surface area contributed by atoms with Gasteiger partial charge in [-0.05, 0) is 43.5 Å². The topological polar surface area (TPSA) is 77.2 Å². The third-order valence-electron chi connectivity index (χ3n) is 3.66. The predicted octanol–water partition coefficient (Wildman–Crippen LogP) is 2.94. The number of carbonyl (C=O) groups excluding carboxylic acids is 1. The van der Waals surface area contributed by atoms with Crippen molar-refractivity contribution in [2.45, 2.75) is 38.7 Å². The maximum atomic E-state index is 11.9. The number of benzene rings is 1. The van der Waals surface area contributed by atoms with E-state index in [1.54, 1.807) is 6.92 Å². The van der Waals surface area contributed by atoms with Crippen molar-refractivity contribution < 1.29 is 13.9 Å². The van der Waals surface area contributed by atoms with Crippen molar-refractivity contribution in [2.24, 2.45) is 0 Å². The van der Waals surface area contributed by atoms with Crippen molar-refractivity contribution in [3.05, 3.63) is 30.2 Å². The quantitative estimate of drug-likeness (QED) is 0.918. The van der Waals surface area contributed by atoms with Crippen molar-refractivity contribution in [3.8, 4) is 11.5 Å². The van der Waals surface area contributed by atoms with E-state index in [4.69, 9.17) is 9.15 Å². The number of nitrogens with one attached hydrogen (secondary N) is 1. The minimum absolute atomic E-state index is 0.0110. The largest absolute Gasteiger partial charge is 0.421 e. The highest BCUT2D eigenvalue weighted by atomic mass is 16.5. The van der Waals surface area contributed by atoms with Crippen molar-refractivity contribution in [2.75, 3.05) is 11.9 Å². The number of anilines is 1. The first-order valence-corrected chi connectivity index (χ1v) is 7.53. The Morgan fingerprint density at radius 1 is 1.32 bits per heavy atom. The highest BCUT2D eigenvalue weighted by molar-refractivity contribution is 5.90. The van der Waals surface area contributed by atoms with Gasteiger partial charge in [0, 0.05) is 31.2 Å². The summed E-state index contributed by atoms with van der Waals surface area (Å²) in [7, 11) is 0. The molecule has 6 heteroatoms. The van der Waals surface area contributed by atoms with Gasteiger partial charge in [0.05, 0.1) is 6.10 Å². The fourth-order valence-electron chi connectivity index (χ4n) is 2.50. The van der Waals surface area contributed by atoms with Crippen LogP contribution in [0.1, 0.15) is 31.6 Å². The van der Waals surface area contributed by atoms with Crippen molar-refractivity contribution in [3.63, 3.8) is 0 Å². The average molecular weight is 301 g/mol. The number of hydrogen-bond donors (Lipinski definition) is 1. The molecule has 1 aliphatic heterocycles. The van der Waals surface area contributed by atoms with E-state index in [-0.39, 0.29) is 12.0 Å². The maximum absolute atomic E-state index is 11.9. The van der Waals surface area contributed by atoms with Crippen LogP contribution in [0, 0.1) is 6.92 Å². The minimum atomic E-state index is 0.0110. The van der Waals surface area contributed by atoms with Gasteiger partial charge in [-0.1, -0.05) is 0 Å². The first kappa shape index (κ1) is 14.7. The monoisotopic (exact) mass is 301 g/mol. The van der Waals surface area contributed by atoms with Crippen LogP contribution in [0.15, 0.2) is 28.7 Å². The molecule has 1 saturated heterocycles. The molecule has 0 saturated carbocycles. The molecule has 0 radical (unpaired) electrons. The van der Waals surface area contributed by atoms with Crippen LogP contribution in [0.25, 0.3) is 11.5 Å². The number of amides is 1. The van der Waals surface area contributed by atoms with Gasteiger partial charge >= 0.3 is 0 Å². The Hall–Kier alpha value is -2.21. The summed E-state index contributed by atoms with van der Waals surface area (Å²) in [6, 6.07) is 7.36. The SMILES string of the molecule is Cc1nnc(-c2ccc(NC(=O)CCC3CCCO3)cc2)o1. The summed E-state index contributed by atoms with van der Waals surface area (Å²) >= 11 is 0. The van der Waals surface area contributed by atoms with Gasteiger partial charge in [0.2, 0.25) is 17.7 Å². The molecule has 22 heavy (non-hydrogen) atoms. The van der Waals surface area contributed by atoms with Crippen LogP contribution in [-0.4, -0.2) is 28.8 Å². The molecule has 1 aromatic carbocycles. The fourth-order valence-corrected chi connectivity index (χ4v) is 2.50. The first-order valence-electron chi connectivity index (χ1n) is 7.53. The number of nitrogens with zero attached hydrogens (tertiary/aromatic N) is 2. The lowest BCUT2D eigenvalue weighted by Crippen LogP contribution is -2.15. The zero-order chi connectivity index (χ0) is 15.4. The van der Waals surface area contributed by atoms with Gasteiger partial charge in [0.25, 0.3) is 0 Å². The van der Waals surface area contributed by atoms with Crippen LogP contribution in [0.3, 0.4) is 0 Å². The lowest BCUT2D eigenvalue weighted by Gasteiger charge is -2.09. The standard InChI is InChI=1S/C16H19N3O3/c1-11-18-19-16(22-11)12-4-6-13(7-5-12)17-15(20)9-8-14-3-2-10-21-14/h4-7,14H,2-3,8-10H2,1H3,(H,17,20). The van der Waals surface area contributed by atoms with Crippen LogP contribution in [-0.2, 0) is 9.53 Å². The molecule has 6 nitrogen and oxygen atoms in total. The van der Waals surface area contributed by atoms with Gasteiger partial charge < -0.3 is 14.5 Å². The second kappa shape index (κ2) is 6.70. The Labute approximate surface area is 128 Å². The summed E-state index contributed by atoms with van der Waals surface area (Å²) in [5, 5.41) is 10.6. The normalized spacial score (nSPS) is 17.6. The van der Waals surface area contributed by atoms with E-state index < -0.39 is 0 Å². The van der Waals surface area contributed by atoms with E-state index >= 15 is 0 Å². The molecule has 1 N–H and O–H groups in total. The fraction of sp³-hybridized carbons (Fsp3) is 0.438. The first-order chi connectivity index (χ1) is 10.7. The van der Waals surface area contributed by atoms with Crippen LogP contribution in [0.5, 0.6) is 0 Å². The Bertz CT molecular complexity index is 630. The molecule has 1 aromatic heterocycles. The number of aromatic nitrogens is 2. The second-order valence-electron chi connectivity index (χ2n) is 5.43. The summed E-state index contributed by atoms with van der Waals surface area (Å²) in [5.41, 5.74) is 1.59. The Balaban J connectivity index is 1.53. The van der Waals surface area contributed by atoms with Gasteiger partial charge in [0.15, 0.2) is 0 Å². The molecule has 1 fully saturated rings. The molecular formula is C16H19N3O3. The second-order valence-corrected chi connectivity index (χ2v) is 5.43. The number of rotatable bonds is 5. The molecule has 0 aliphatic carbocycles. The third-order valence-corrected chi connectivity index (χ3v) is 3.66. The van der Waals surface area contributed by atoms with Crippen LogP contribution >= 0.6 is 0 Å². The molecule has 2 aromatic rings. The Morgan fingerprint density at radius 3 is 2.77 bits per heavy atom. The molecule has 1 amide bonds. The Kier molecular flexibility index (Phi) is 4.48. The highest BCUT2D eigenvalue weighted by Gasteiger charge is 2.16. The lowest BCUT2D eigenvalue weighted by molar-refractivity contribution is -0.116. The van der Waals surface area contributed by atoms with Gasteiger partial charge in [-0.3, -0.25) is 4.79 Å². The van der Waals surface area contributed by atoms with Crippen LogP contribution < -0.4 is 5.32 Å². The third kappa shape index (κ3) is 3.71. The molecule has 3 rings (SSSR count). The maximum Gasteiger partial charge on any atom is 0.247 e. The van der Waals surface area contributed by atoms with E-state index in [1.165, 1.54) is 0 Å². The minimum Gasteiger partial charge on any atom is -0.421 e. The smallest absolute Gasteiger partial charge is 0.247 e. The van der Waals surface area contributed by atoms with Gasteiger partial charge in [-0.15, -0.1) is 10.2 Å². The summed E-state index contributed by atoms with van der Waals surface area (Å²) in [6.07, 6.45) is 3.67. The average Bonchev–Trinajstić information content (AvgIpc) is 3.17. The van der Waals surface area contributed by atoms with E-state index in [0.29, 0.717) is 18.2 Å². The van der Waals surface area contributed by atoms with E-state index in [1.807, 2.05) is 24.3 Å². The predicted molar refractivity (Wildman–Crippen MR) is 81.3 cm³/mol. The molecular weight excluding hydrogens is 282 g/mol. The molecule has 0 spiro atoms. The number of carbonyl (C=O) groups is 1. The zero-order valence-electron chi connectivity index (χ0n) is 12.5. The molecule has 1 atom stereocenters. The van der Waals surface area contributed by atoms with E-state index in [0.717, 1.165) is 37.1 Å². The summed E-state index contributed by atoms with van der Waals surface area (Å²) in [5.74, 6) is 1.02. The molecule has 1 aliphatic rings. The van der Waals surface area contributed by atoms with Crippen molar-refractivity contribution in [1.82, 2.24) is 10.2 Å². The summed E-state index contributed by atoms with van der Waals surface area (Å²) in [6.45, 7) is 2.57. The van der Waals surface area contributed by atoms with E-state index in [9.17, 15) is 4.79 Å². The van der Waals surface area contributed by atoms with Crippen LogP contribution in [0.2, 0.25) is 0 Å². The van der Waals surface area contributed by atoms with E-state index in [2.05, 4.69) is 15.5 Å². The van der Waals surface area contributed by atoms with Gasteiger partial charge in [-0.2, -0.15) is 0 Å². The zero-order valence-corrected chi connectivity index (χ0v) is 12.5. The Morgan fingerprint density at radius 2 is 2.14 bits per heavy atom. The van der Waals surface area contributed by atoms with Crippen molar-refractivity contribution in [1.29, 1.82) is 0 Å². The number of aryl methyl sites for hydroxylation is 1. The van der Waals surface area contributed by atoms with Crippen LogP contribution in [0.4, 0.5) is 5.69 Å². The summed E-state index contributed by atoms with van der Waals surface area (Å²) < 4.78 is 10.9. The number of hydrogen-bond acceptors (Lipinski definition) is 5. The molecule has 0 bridgehead atoms. The summed E-state index contributed by atoms with van der Waals surface area (Å²) in [4.78, 5) is 11.9. The highest BCUT2D eigenvalue weighted by Crippen LogP contribution is 2.21. The molecule has 1 unspecified atom stereocenters. The number of ether oxygens (including phenoxy) is 1. The van der Waals surface area contributed by atoms with Gasteiger partial charge in [-0.25, -0.2) is 0 Å². The molecule has 116 valence electrons.